The number of hydrogen-bond donors (Lipinski definition) is 4. The predicted molar refractivity (Wildman–Crippen MR) is 360 cm³/mol. The molecule has 2 saturated heterocycles. The Morgan fingerprint density at radius 1 is 0.694 bits per heavy atom. The molecule has 0 spiro atoms. The molecule has 0 bridgehead atoms. The van der Waals surface area contributed by atoms with E-state index in [1.165, 1.54) is 0 Å². The van der Waals surface area contributed by atoms with Crippen LogP contribution in [0.15, 0.2) is 121 Å². The molecule has 0 radical (unpaired) electrons. The number of aliphatic hydroxyl groups is 1. The highest BCUT2D eigenvalue weighted by atomic mass is 35.5. The molecular formula is C63H100ClN3O12S4Si2. The number of hydrogen-bond acceptors (Lipinski definition) is 12. The molecule has 4 aromatic rings. The van der Waals surface area contributed by atoms with Gasteiger partial charge in [0.15, 0.2) is 12.1 Å². The third kappa shape index (κ3) is 25.7. The van der Waals surface area contributed by atoms with Crippen molar-refractivity contribution < 1.29 is 75.0 Å². The molecule has 1 aliphatic carbocycles. The SMILES string of the molecule is C/C(=C/O[Si](C)(C)C(C)(C)C)O[Si](C)(C)C(C)(C)C.CC(C)C=O.C[C@H](NC(=O)OCC1c2ccccc2-c2ccccc21)[C@@H](C(O)C(=O)O)N1CCC[C@H]1C(=O)OCc1ccccc1.O=C(OCc1ccccc1)[C@@H]1CCC[NH2+]1.S.S.S.S.[Cl-]. The van der Waals surface area contributed by atoms with E-state index in [-0.39, 0.29) is 114 Å². The number of allylic oxidation sites excluding steroid dienone is 1. The van der Waals surface area contributed by atoms with E-state index in [9.17, 15) is 34.2 Å². The van der Waals surface area contributed by atoms with E-state index < -0.39 is 58.9 Å². The summed E-state index contributed by atoms with van der Waals surface area (Å²) in [6, 6.07) is 32.4. The number of fused-ring (bicyclic) bond motifs is 3. The van der Waals surface area contributed by atoms with Crippen LogP contribution in [0.3, 0.4) is 0 Å². The molecular weight excluding hydrogens is 1210 g/mol. The summed E-state index contributed by atoms with van der Waals surface area (Å²) in [5.41, 5.74) is 6.23. The van der Waals surface area contributed by atoms with E-state index in [1.807, 2.05) is 136 Å². The maximum Gasteiger partial charge on any atom is 0.407 e. The Balaban J connectivity index is 0. The molecule has 2 fully saturated rings. The number of nitrogens with zero attached hydrogens (tertiary/aromatic N) is 1. The minimum Gasteiger partial charge on any atom is -1.00 e. The van der Waals surface area contributed by atoms with E-state index in [0.29, 0.717) is 26.0 Å². The first-order chi connectivity index (χ1) is 37.6. The number of carboxylic acid groups (broad SMARTS) is 1. The zero-order valence-corrected chi connectivity index (χ0v) is 59.1. The van der Waals surface area contributed by atoms with Crippen LogP contribution < -0.4 is 23.0 Å². The van der Waals surface area contributed by atoms with Gasteiger partial charge in [0.05, 0.1) is 12.6 Å². The number of aldehydes is 1. The average molecular weight is 1310 g/mol. The summed E-state index contributed by atoms with van der Waals surface area (Å²) in [4.78, 5) is 60.5. The van der Waals surface area contributed by atoms with Gasteiger partial charge in [-0.1, -0.05) is 165 Å². The zero-order valence-electron chi connectivity index (χ0n) is 52.3. The molecule has 1 amide bonds. The van der Waals surface area contributed by atoms with Crippen LogP contribution in [-0.2, 0) is 55.5 Å². The lowest BCUT2D eigenvalue weighted by molar-refractivity contribution is -0.659. The molecule has 3 aliphatic rings. The van der Waals surface area contributed by atoms with Crippen LogP contribution in [0, 0.1) is 5.92 Å². The van der Waals surface area contributed by atoms with Gasteiger partial charge in [0, 0.05) is 30.7 Å². The van der Waals surface area contributed by atoms with Crippen molar-refractivity contribution in [3.8, 4) is 11.1 Å². The van der Waals surface area contributed by atoms with Gasteiger partial charge in [-0.05, 0) is 103 Å². The first-order valence-corrected chi connectivity index (χ1v) is 33.9. The van der Waals surface area contributed by atoms with Crippen molar-refractivity contribution in [2.45, 2.75) is 181 Å². The fourth-order valence-electron chi connectivity index (χ4n) is 8.83. The van der Waals surface area contributed by atoms with Crippen molar-refractivity contribution in [2.24, 2.45) is 5.92 Å². The van der Waals surface area contributed by atoms with Crippen molar-refractivity contribution in [3.05, 3.63) is 143 Å². The predicted octanol–water partition coefficient (Wildman–Crippen LogP) is 8.58. The highest BCUT2D eigenvalue weighted by Gasteiger charge is 2.45. The van der Waals surface area contributed by atoms with Crippen molar-refractivity contribution in [1.82, 2.24) is 10.2 Å². The zero-order chi connectivity index (χ0) is 59.4. The normalized spacial score (nSPS) is 16.4. The van der Waals surface area contributed by atoms with Crippen LogP contribution in [0.5, 0.6) is 0 Å². The summed E-state index contributed by atoms with van der Waals surface area (Å²) in [5, 5.41) is 25.6. The minimum absolute atomic E-state index is 0. The number of alkyl carbamates (subject to hydrolysis) is 1. The first kappa shape index (κ1) is 82.6. The second-order valence-electron chi connectivity index (χ2n) is 24.2. The van der Waals surface area contributed by atoms with E-state index in [4.69, 9.17) is 23.1 Å². The number of carbonyl (C=O) groups is 5. The molecule has 7 rings (SSSR count). The van der Waals surface area contributed by atoms with Gasteiger partial charge in [-0.25, -0.2) is 14.4 Å². The van der Waals surface area contributed by atoms with E-state index >= 15 is 0 Å². The molecule has 5 N–H and O–H groups in total. The molecule has 4 aromatic carbocycles. The number of aliphatic hydroxyl groups excluding tert-OH is 1. The molecule has 85 heavy (non-hydrogen) atoms. The quantitative estimate of drug-likeness (QED) is 0.0243. The highest BCUT2D eigenvalue weighted by Crippen LogP contribution is 2.45. The second kappa shape index (κ2) is 38.8. The van der Waals surface area contributed by atoms with Crippen molar-refractivity contribution in [2.75, 3.05) is 19.7 Å². The highest BCUT2D eigenvalue weighted by molar-refractivity contribution is 7.59. The molecule has 478 valence electrons. The Morgan fingerprint density at radius 2 is 1.15 bits per heavy atom. The number of ether oxygens (including phenoxy) is 3. The Bertz CT molecular complexity index is 2610. The maximum absolute atomic E-state index is 13.0. The van der Waals surface area contributed by atoms with Gasteiger partial charge in [-0.15, -0.1) is 0 Å². The number of esters is 2. The topological polar surface area (TPSA) is 204 Å². The molecule has 5 atom stereocenters. The maximum atomic E-state index is 13.0. The minimum atomic E-state index is -1.85. The van der Waals surface area contributed by atoms with Crippen molar-refractivity contribution in [3.63, 3.8) is 0 Å². The number of carboxylic acids is 1. The number of nitrogens with one attached hydrogen (secondary N) is 1. The largest absolute Gasteiger partial charge is 1.00 e. The molecule has 2 heterocycles. The fourth-order valence-corrected chi connectivity index (χ4v) is 10.8. The van der Waals surface area contributed by atoms with E-state index in [0.717, 1.165) is 64.8 Å². The number of likely N-dealkylation sites (tertiary alicyclic amines) is 1. The summed E-state index contributed by atoms with van der Waals surface area (Å²) in [7, 11) is -3.47. The fraction of sp³-hybridized carbons (Fsp3) is 0.508. The van der Waals surface area contributed by atoms with Gasteiger partial charge in [-0.2, -0.15) is 54.0 Å². The first-order valence-electron chi connectivity index (χ1n) is 28.1. The monoisotopic (exact) mass is 1310 g/mol. The number of aliphatic carboxylic acids is 1. The van der Waals surface area contributed by atoms with Gasteiger partial charge in [0.1, 0.15) is 44.2 Å². The number of rotatable bonds is 18. The van der Waals surface area contributed by atoms with Crippen LogP contribution in [0.1, 0.15) is 123 Å². The van der Waals surface area contributed by atoms with Gasteiger partial charge < -0.3 is 61.1 Å². The third-order valence-electron chi connectivity index (χ3n) is 15.5. The molecule has 0 aromatic heterocycles. The third-order valence-corrected chi connectivity index (χ3v) is 24.2. The van der Waals surface area contributed by atoms with Gasteiger partial charge >= 0.3 is 24.0 Å². The van der Waals surface area contributed by atoms with Gasteiger partial charge in [0.2, 0.25) is 16.6 Å². The smallest absolute Gasteiger partial charge is 0.407 e. The summed E-state index contributed by atoms with van der Waals surface area (Å²) >= 11 is 0. The van der Waals surface area contributed by atoms with E-state index in [1.54, 1.807) is 11.8 Å². The van der Waals surface area contributed by atoms with Crippen LogP contribution >= 0.6 is 54.0 Å². The Labute approximate surface area is 543 Å². The Morgan fingerprint density at radius 3 is 1.59 bits per heavy atom. The molecule has 1 unspecified atom stereocenters. The van der Waals surface area contributed by atoms with Crippen molar-refractivity contribution in [1.29, 1.82) is 0 Å². The molecule has 0 saturated carbocycles. The Kier molecular flexibility index (Phi) is 37.7. The lowest BCUT2D eigenvalue weighted by Crippen LogP contribution is -3.00. The van der Waals surface area contributed by atoms with Crippen LogP contribution in [0.4, 0.5) is 4.79 Å². The number of amides is 1. The molecule has 15 nitrogen and oxygen atoms in total. The Hall–Kier alpha value is -4.43. The lowest BCUT2D eigenvalue weighted by atomic mass is 9.98. The van der Waals surface area contributed by atoms with Crippen LogP contribution in [0.2, 0.25) is 36.3 Å². The second-order valence-corrected chi connectivity index (χ2v) is 33.7. The van der Waals surface area contributed by atoms with Crippen molar-refractivity contribution >= 4 is 101 Å². The number of benzene rings is 4. The number of quaternary nitrogens is 1. The number of carbonyl (C=O) groups excluding carboxylic acids is 4. The molecule has 2 aliphatic heterocycles. The van der Waals surface area contributed by atoms with Gasteiger partial charge in [-0.3, -0.25) is 9.69 Å². The summed E-state index contributed by atoms with van der Waals surface area (Å²) < 4.78 is 28.7. The lowest BCUT2D eigenvalue weighted by Gasteiger charge is -2.38. The summed E-state index contributed by atoms with van der Waals surface area (Å²) in [6.45, 7) is 31.8. The number of nitrogens with two attached hydrogens (primary N) is 1. The standard InChI is InChI=1S/C32H34N2O7.C15H34O2Si2.C12H15NO2.C4H8O.ClH.4H2S/c1-20(33-32(39)41-19-26-24-14-7-5-12-22(24)23-13-6-8-15-25(23)26)28(29(35)30(36)37)34-17-9-16-27(34)31(38)40-18-21-10-3-2-4-11-21;1-13(17-19(10,11)15(5,6)7)12-16-18(8,9)14(2,3)4;14-12(11-7-4-8-13-11)15-9-10-5-2-1-3-6-10;1-4(2)3-5;;;;;/h2-8,10-15,20,26-29,35H,9,16-19H2,1H3,(H,33,39)(H,36,37);12H,1-11H3;1-3,5-6,11,13H,4,7-9H2;3-4H,1-2H3;1H;4*1H2/b;13-12-;;;;;;;/t20-,27-,28-,29?;;11-;;;;;;/m0.0....../s1. The van der Waals surface area contributed by atoms with Gasteiger partial charge in [0.25, 0.3) is 0 Å². The summed E-state index contributed by atoms with van der Waals surface area (Å²) in [6.07, 6.45) is 3.32. The van der Waals surface area contributed by atoms with Crippen LogP contribution in [-0.4, -0.2) is 112 Å². The number of halogens is 1. The van der Waals surface area contributed by atoms with Crippen LogP contribution in [0.25, 0.3) is 11.1 Å². The van der Waals surface area contributed by atoms with E-state index in [2.05, 4.69) is 78.4 Å². The average Bonchev–Trinajstić information content (AvgIpc) is 2.68. The molecule has 22 heteroatoms. The summed E-state index contributed by atoms with van der Waals surface area (Å²) in [5.74, 6) is -1.03.